The number of fused-ring (bicyclic) bond motifs is 3. The second kappa shape index (κ2) is 4.76. The van der Waals surface area contributed by atoms with Crippen LogP contribution in [0.25, 0.3) is 0 Å². The van der Waals surface area contributed by atoms with E-state index < -0.39 is 0 Å². The fourth-order valence-corrected chi connectivity index (χ4v) is 6.21. The molecule has 1 aromatic rings. The van der Waals surface area contributed by atoms with Gasteiger partial charge in [0.05, 0.1) is 12.7 Å². The predicted octanol–water partition coefficient (Wildman–Crippen LogP) is 5.11. The van der Waals surface area contributed by atoms with Crippen molar-refractivity contribution in [3.05, 3.63) is 29.8 Å². The largest absolute Gasteiger partial charge is 0.377 e. The van der Waals surface area contributed by atoms with E-state index in [1.54, 1.807) is 0 Å². The van der Waals surface area contributed by atoms with E-state index in [1.807, 2.05) is 11.8 Å². The van der Waals surface area contributed by atoms with Gasteiger partial charge in [0.15, 0.2) is 0 Å². The van der Waals surface area contributed by atoms with Gasteiger partial charge in [-0.05, 0) is 47.6 Å². The lowest BCUT2D eigenvalue weighted by Crippen LogP contribution is -2.37. The van der Waals surface area contributed by atoms with Crippen LogP contribution in [0.4, 0.5) is 0 Å². The Morgan fingerprint density at radius 3 is 2.76 bits per heavy atom. The van der Waals surface area contributed by atoms with Crippen LogP contribution in [0.15, 0.2) is 29.2 Å². The maximum Gasteiger partial charge on any atom is 0.0637 e. The molecule has 2 fully saturated rings. The van der Waals surface area contributed by atoms with E-state index in [1.165, 1.54) is 35.5 Å². The van der Waals surface area contributed by atoms with Crippen LogP contribution >= 0.6 is 11.8 Å². The molecular formula is C19H26OS. The summed E-state index contributed by atoms with van der Waals surface area (Å²) in [6.45, 7) is 8.32. The first kappa shape index (κ1) is 14.1. The summed E-state index contributed by atoms with van der Waals surface area (Å²) in [5, 5.41) is 0. The lowest BCUT2D eigenvalue weighted by atomic mass is 9.70. The normalized spacial score (nSPS) is 39.7. The Bertz CT molecular complexity index is 552. The first-order valence-electron chi connectivity index (χ1n) is 8.36. The molecule has 2 bridgehead atoms. The highest BCUT2D eigenvalue weighted by molar-refractivity contribution is 7.99. The molecule has 0 saturated heterocycles. The van der Waals surface area contributed by atoms with Crippen molar-refractivity contribution in [1.82, 2.24) is 0 Å². The Kier molecular flexibility index (Phi) is 3.21. The third kappa shape index (κ3) is 1.95. The number of benzene rings is 1. The van der Waals surface area contributed by atoms with E-state index in [0.717, 1.165) is 12.5 Å². The minimum Gasteiger partial charge on any atom is -0.377 e. The molecule has 1 aliphatic heterocycles. The first-order valence-corrected chi connectivity index (χ1v) is 9.34. The molecule has 4 rings (SSSR count). The highest BCUT2D eigenvalue weighted by Gasteiger charge is 2.61. The summed E-state index contributed by atoms with van der Waals surface area (Å²) in [6, 6.07) is 8.85. The van der Waals surface area contributed by atoms with Gasteiger partial charge < -0.3 is 4.74 Å². The molecule has 0 amide bonds. The van der Waals surface area contributed by atoms with Crippen LogP contribution in [-0.2, 0) is 4.74 Å². The summed E-state index contributed by atoms with van der Waals surface area (Å²) in [7, 11) is 0. The highest BCUT2D eigenvalue weighted by atomic mass is 32.2. The number of hydrogen-bond donors (Lipinski definition) is 0. The van der Waals surface area contributed by atoms with Crippen molar-refractivity contribution < 1.29 is 4.74 Å². The molecule has 0 aromatic heterocycles. The topological polar surface area (TPSA) is 9.23 Å². The molecular weight excluding hydrogens is 276 g/mol. The van der Waals surface area contributed by atoms with Crippen LogP contribution in [0.2, 0.25) is 0 Å². The Morgan fingerprint density at radius 1 is 1.24 bits per heavy atom. The van der Waals surface area contributed by atoms with E-state index in [9.17, 15) is 0 Å². The summed E-state index contributed by atoms with van der Waals surface area (Å²) >= 11 is 1.99. The molecule has 4 atom stereocenters. The summed E-state index contributed by atoms with van der Waals surface area (Å²) in [6.07, 6.45) is 4.52. The molecule has 114 valence electrons. The Labute approximate surface area is 132 Å². The summed E-state index contributed by atoms with van der Waals surface area (Å²) in [5.74, 6) is 2.66. The van der Waals surface area contributed by atoms with Gasteiger partial charge >= 0.3 is 0 Å². The summed E-state index contributed by atoms with van der Waals surface area (Å²) < 4.78 is 6.50. The van der Waals surface area contributed by atoms with Crippen molar-refractivity contribution in [1.29, 1.82) is 0 Å². The molecule has 4 unspecified atom stereocenters. The fourth-order valence-electron chi connectivity index (χ4n) is 4.98. The van der Waals surface area contributed by atoms with Gasteiger partial charge in [0, 0.05) is 16.6 Å². The van der Waals surface area contributed by atoms with Crippen molar-refractivity contribution in [3.63, 3.8) is 0 Å². The molecule has 21 heavy (non-hydrogen) atoms. The lowest BCUT2D eigenvalue weighted by molar-refractivity contribution is -0.0498. The summed E-state index contributed by atoms with van der Waals surface area (Å²) in [5.41, 5.74) is 2.36. The van der Waals surface area contributed by atoms with E-state index in [0.29, 0.717) is 22.9 Å². The average molecular weight is 302 g/mol. The Balaban J connectivity index is 1.45. The molecule has 0 N–H and O–H groups in total. The minimum atomic E-state index is 0.392. The smallest absolute Gasteiger partial charge is 0.0637 e. The Hall–Kier alpha value is -0.470. The summed E-state index contributed by atoms with van der Waals surface area (Å²) in [4.78, 5) is 1.46. The van der Waals surface area contributed by atoms with Crippen LogP contribution in [-0.4, -0.2) is 18.5 Å². The zero-order valence-electron chi connectivity index (χ0n) is 13.4. The molecule has 0 spiro atoms. The van der Waals surface area contributed by atoms with E-state index in [2.05, 4.69) is 45.0 Å². The minimum absolute atomic E-state index is 0.392. The second-order valence-corrected chi connectivity index (χ2v) is 9.04. The lowest BCUT2D eigenvalue weighted by Gasteiger charge is -2.39. The SMILES string of the molecule is CC1(C)C2CCC1(C)C(OCC1CSc3ccccc31)C2. The number of ether oxygens (including phenoxy) is 1. The maximum atomic E-state index is 6.50. The van der Waals surface area contributed by atoms with Gasteiger partial charge in [-0.1, -0.05) is 39.0 Å². The number of rotatable bonds is 3. The van der Waals surface area contributed by atoms with Gasteiger partial charge in [-0.25, -0.2) is 0 Å². The van der Waals surface area contributed by atoms with Gasteiger partial charge in [-0.2, -0.15) is 0 Å². The fraction of sp³-hybridized carbons (Fsp3) is 0.684. The van der Waals surface area contributed by atoms with Crippen LogP contribution < -0.4 is 0 Å². The molecule has 0 radical (unpaired) electrons. The van der Waals surface area contributed by atoms with Gasteiger partial charge in [0.1, 0.15) is 0 Å². The molecule has 2 saturated carbocycles. The van der Waals surface area contributed by atoms with Crippen LogP contribution in [0.3, 0.4) is 0 Å². The highest BCUT2D eigenvalue weighted by Crippen LogP contribution is 2.66. The number of thioether (sulfide) groups is 1. The Morgan fingerprint density at radius 2 is 2.05 bits per heavy atom. The van der Waals surface area contributed by atoms with E-state index in [4.69, 9.17) is 4.74 Å². The third-order valence-corrected chi connectivity index (χ3v) is 8.26. The van der Waals surface area contributed by atoms with Gasteiger partial charge in [-0.15, -0.1) is 11.8 Å². The van der Waals surface area contributed by atoms with Crippen LogP contribution in [0.5, 0.6) is 0 Å². The standard InChI is InChI=1S/C19H26OS/c1-18(2)14-8-9-19(18,3)17(10-14)20-11-13-12-21-16-7-5-4-6-15(13)16/h4-7,13-14,17H,8-12H2,1-3H3. The first-order chi connectivity index (χ1) is 10.0. The zero-order chi connectivity index (χ0) is 14.7. The van der Waals surface area contributed by atoms with E-state index in [-0.39, 0.29) is 0 Å². The van der Waals surface area contributed by atoms with Gasteiger partial charge in [-0.3, -0.25) is 0 Å². The quantitative estimate of drug-likeness (QED) is 0.767. The molecule has 3 aliphatic rings. The van der Waals surface area contributed by atoms with Crippen molar-refractivity contribution in [2.24, 2.45) is 16.7 Å². The predicted molar refractivity (Wildman–Crippen MR) is 88.9 cm³/mol. The van der Waals surface area contributed by atoms with Crippen LogP contribution in [0.1, 0.15) is 51.5 Å². The average Bonchev–Trinajstić information content (AvgIpc) is 3.03. The van der Waals surface area contributed by atoms with Gasteiger partial charge in [0.2, 0.25) is 0 Å². The molecule has 2 aliphatic carbocycles. The molecule has 1 heterocycles. The van der Waals surface area contributed by atoms with Gasteiger partial charge in [0.25, 0.3) is 0 Å². The van der Waals surface area contributed by atoms with Crippen molar-refractivity contribution in [2.75, 3.05) is 12.4 Å². The third-order valence-electron chi connectivity index (χ3n) is 7.01. The maximum absolute atomic E-state index is 6.50. The molecule has 1 nitrogen and oxygen atoms in total. The molecule has 2 heteroatoms. The van der Waals surface area contributed by atoms with Crippen molar-refractivity contribution in [3.8, 4) is 0 Å². The monoisotopic (exact) mass is 302 g/mol. The zero-order valence-corrected chi connectivity index (χ0v) is 14.2. The van der Waals surface area contributed by atoms with Crippen LogP contribution in [0, 0.1) is 16.7 Å². The molecule has 1 aromatic carbocycles. The number of hydrogen-bond acceptors (Lipinski definition) is 2. The van der Waals surface area contributed by atoms with E-state index >= 15 is 0 Å². The second-order valence-electron chi connectivity index (χ2n) is 7.98. The van der Waals surface area contributed by atoms with Crippen molar-refractivity contribution in [2.45, 2.75) is 57.0 Å². The van der Waals surface area contributed by atoms with Crippen molar-refractivity contribution >= 4 is 11.8 Å².